The van der Waals surface area contributed by atoms with Crippen LogP contribution in [0.25, 0.3) is 0 Å². The summed E-state index contributed by atoms with van der Waals surface area (Å²) in [6.45, 7) is 1.58. The molecule has 0 aliphatic heterocycles. The molecule has 17 heavy (non-hydrogen) atoms. The molecular formula is C11H13IN2O3. The van der Waals surface area contributed by atoms with Crippen molar-refractivity contribution < 1.29 is 14.3 Å². The Morgan fingerprint density at radius 3 is 2.59 bits per heavy atom. The molecule has 1 atom stereocenters. The molecule has 1 aromatic carbocycles. The van der Waals surface area contributed by atoms with Crippen LogP contribution in [0.3, 0.4) is 0 Å². The first-order chi connectivity index (χ1) is 8.04. The van der Waals surface area contributed by atoms with Gasteiger partial charge in [-0.15, -0.1) is 0 Å². The van der Waals surface area contributed by atoms with Crippen molar-refractivity contribution in [3.63, 3.8) is 0 Å². The molecule has 0 spiro atoms. The number of imide groups is 1. The number of amides is 3. The van der Waals surface area contributed by atoms with Gasteiger partial charge in [0.2, 0.25) is 0 Å². The van der Waals surface area contributed by atoms with Crippen LogP contribution in [-0.4, -0.2) is 25.1 Å². The Labute approximate surface area is 113 Å². The molecule has 2 N–H and O–H groups in total. The highest BCUT2D eigenvalue weighted by atomic mass is 127. The second-order valence-electron chi connectivity index (χ2n) is 3.26. The monoisotopic (exact) mass is 348 g/mol. The van der Waals surface area contributed by atoms with Crippen LogP contribution in [0.15, 0.2) is 24.3 Å². The van der Waals surface area contributed by atoms with Crippen LogP contribution in [0.4, 0.5) is 4.79 Å². The maximum absolute atomic E-state index is 11.5. The number of hydrogen-bond acceptors (Lipinski definition) is 3. The summed E-state index contributed by atoms with van der Waals surface area (Å²) in [6, 6.07) is 6.79. The first-order valence-electron chi connectivity index (χ1n) is 4.98. The van der Waals surface area contributed by atoms with Crippen molar-refractivity contribution in [3.05, 3.63) is 27.8 Å². The van der Waals surface area contributed by atoms with Crippen LogP contribution in [-0.2, 0) is 4.79 Å². The lowest BCUT2D eigenvalue weighted by Crippen LogP contribution is -2.44. The van der Waals surface area contributed by atoms with E-state index in [1.54, 1.807) is 13.0 Å². The van der Waals surface area contributed by atoms with Crippen molar-refractivity contribution in [3.8, 4) is 5.75 Å². The summed E-state index contributed by atoms with van der Waals surface area (Å²) < 4.78 is 6.36. The first kappa shape index (κ1) is 13.8. The SMILES string of the molecule is CNC(=O)NC(=O)C(C)Oc1ccccc1I. The molecule has 0 fully saturated rings. The Balaban J connectivity index is 2.60. The van der Waals surface area contributed by atoms with Crippen LogP contribution in [0.5, 0.6) is 5.75 Å². The number of nitrogens with one attached hydrogen (secondary N) is 2. The molecule has 92 valence electrons. The Bertz CT molecular complexity index is 423. The van der Waals surface area contributed by atoms with E-state index in [-0.39, 0.29) is 0 Å². The van der Waals surface area contributed by atoms with Crippen LogP contribution in [0, 0.1) is 3.57 Å². The van der Waals surface area contributed by atoms with E-state index in [0.29, 0.717) is 5.75 Å². The van der Waals surface area contributed by atoms with E-state index in [4.69, 9.17) is 4.74 Å². The summed E-state index contributed by atoms with van der Waals surface area (Å²) >= 11 is 2.11. The average Bonchev–Trinajstić information content (AvgIpc) is 2.31. The van der Waals surface area contributed by atoms with Crippen molar-refractivity contribution in [2.75, 3.05) is 7.05 Å². The highest BCUT2D eigenvalue weighted by molar-refractivity contribution is 14.1. The van der Waals surface area contributed by atoms with Gasteiger partial charge in [-0.25, -0.2) is 4.79 Å². The largest absolute Gasteiger partial charge is 0.480 e. The number of carbonyl (C=O) groups is 2. The van der Waals surface area contributed by atoms with Gasteiger partial charge < -0.3 is 10.1 Å². The van der Waals surface area contributed by atoms with Gasteiger partial charge in [0.1, 0.15) is 5.75 Å². The number of para-hydroxylation sites is 1. The number of rotatable bonds is 3. The van der Waals surface area contributed by atoms with Gasteiger partial charge in [-0.05, 0) is 41.6 Å². The Morgan fingerprint density at radius 2 is 2.00 bits per heavy atom. The van der Waals surface area contributed by atoms with E-state index < -0.39 is 18.0 Å². The molecule has 0 bridgehead atoms. The lowest BCUT2D eigenvalue weighted by molar-refractivity contribution is -0.126. The van der Waals surface area contributed by atoms with E-state index in [9.17, 15) is 9.59 Å². The number of ether oxygens (including phenoxy) is 1. The molecule has 0 aliphatic rings. The predicted molar refractivity (Wildman–Crippen MR) is 71.8 cm³/mol. The van der Waals surface area contributed by atoms with E-state index in [2.05, 4.69) is 33.2 Å². The minimum absolute atomic E-state index is 0.482. The van der Waals surface area contributed by atoms with E-state index in [1.807, 2.05) is 18.2 Å². The third-order valence-corrected chi connectivity index (χ3v) is 2.86. The van der Waals surface area contributed by atoms with Gasteiger partial charge in [0, 0.05) is 7.05 Å². The molecule has 1 unspecified atom stereocenters. The van der Waals surface area contributed by atoms with E-state index >= 15 is 0 Å². The highest BCUT2D eigenvalue weighted by Gasteiger charge is 2.17. The molecule has 3 amide bonds. The number of benzene rings is 1. The second-order valence-corrected chi connectivity index (χ2v) is 4.42. The van der Waals surface area contributed by atoms with Crippen LogP contribution < -0.4 is 15.4 Å². The summed E-state index contributed by atoms with van der Waals surface area (Å²) in [4.78, 5) is 22.5. The molecule has 5 nitrogen and oxygen atoms in total. The number of carbonyl (C=O) groups excluding carboxylic acids is 2. The Morgan fingerprint density at radius 1 is 1.35 bits per heavy atom. The molecule has 0 heterocycles. The molecule has 1 aromatic rings. The van der Waals surface area contributed by atoms with Crippen molar-refractivity contribution in [2.24, 2.45) is 0 Å². The molecule has 1 rings (SSSR count). The summed E-state index contributed by atoms with van der Waals surface area (Å²) in [7, 11) is 1.44. The molecule has 0 aliphatic carbocycles. The van der Waals surface area contributed by atoms with Crippen LogP contribution >= 0.6 is 22.6 Å². The summed E-state index contributed by atoms with van der Waals surface area (Å²) in [6.07, 6.45) is -0.733. The van der Waals surface area contributed by atoms with Gasteiger partial charge in [0.05, 0.1) is 3.57 Å². The normalized spacial score (nSPS) is 11.5. The third-order valence-electron chi connectivity index (χ3n) is 1.97. The van der Waals surface area contributed by atoms with Gasteiger partial charge in [-0.3, -0.25) is 10.1 Å². The maximum atomic E-state index is 11.5. The van der Waals surface area contributed by atoms with Gasteiger partial charge >= 0.3 is 6.03 Å². The Hall–Kier alpha value is -1.31. The molecule has 0 radical (unpaired) electrons. The maximum Gasteiger partial charge on any atom is 0.321 e. The third kappa shape index (κ3) is 4.22. The fourth-order valence-corrected chi connectivity index (χ4v) is 1.57. The van der Waals surface area contributed by atoms with E-state index in [1.165, 1.54) is 7.05 Å². The fraction of sp³-hybridized carbons (Fsp3) is 0.273. The number of urea groups is 1. The van der Waals surface area contributed by atoms with Gasteiger partial charge in [0.15, 0.2) is 6.10 Å². The zero-order valence-corrected chi connectivity index (χ0v) is 11.6. The standard InChI is InChI=1S/C11H13IN2O3/c1-7(10(15)14-11(16)13-2)17-9-6-4-3-5-8(9)12/h3-7H,1-2H3,(H2,13,14,15,16). The summed E-state index contributed by atoms with van der Waals surface area (Å²) in [5.74, 6) is 0.136. The highest BCUT2D eigenvalue weighted by Crippen LogP contribution is 2.20. The van der Waals surface area contributed by atoms with Crippen molar-refractivity contribution in [1.29, 1.82) is 0 Å². The van der Waals surface area contributed by atoms with Crippen molar-refractivity contribution in [2.45, 2.75) is 13.0 Å². The molecule has 0 aromatic heterocycles. The summed E-state index contributed by atoms with van der Waals surface area (Å²) in [5, 5.41) is 4.45. The average molecular weight is 348 g/mol. The van der Waals surface area contributed by atoms with Crippen molar-refractivity contribution in [1.82, 2.24) is 10.6 Å². The first-order valence-corrected chi connectivity index (χ1v) is 6.06. The minimum atomic E-state index is -0.733. The van der Waals surface area contributed by atoms with Crippen LogP contribution in [0.1, 0.15) is 6.92 Å². The number of halogens is 1. The predicted octanol–water partition coefficient (Wildman–Crippen LogP) is 1.51. The number of hydrogen-bond donors (Lipinski definition) is 2. The van der Waals surface area contributed by atoms with Crippen molar-refractivity contribution >= 4 is 34.5 Å². The van der Waals surface area contributed by atoms with Gasteiger partial charge in [-0.1, -0.05) is 12.1 Å². The van der Waals surface area contributed by atoms with Gasteiger partial charge in [0.25, 0.3) is 5.91 Å². The van der Waals surface area contributed by atoms with Crippen LogP contribution in [0.2, 0.25) is 0 Å². The zero-order chi connectivity index (χ0) is 12.8. The summed E-state index contributed by atoms with van der Waals surface area (Å²) in [5.41, 5.74) is 0. The molecular weight excluding hydrogens is 335 g/mol. The lowest BCUT2D eigenvalue weighted by atomic mass is 10.3. The smallest absolute Gasteiger partial charge is 0.321 e. The van der Waals surface area contributed by atoms with E-state index in [0.717, 1.165) is 3.57 Å². The lowest BCUT2D eigenvalue weighted by Gasteiger charge is -2.14. The molecule has 0 saturated heterocycles. The second kappa shape index (κ2) is 6.43. The zero-order valence-electron chi connectivity index (χ0n) is 9.49. The van der Waals surface area contributed by atoms with Gasteiger partial charge in [-0.2, -0.15) is 0 Å². The molecule has 6 heteroatoms. The molecule has 0 saturated carbocycles. The fourth-order valence-electron chi connectivity index (χ4n) is 1.06. The quantitative estimate of drug-likeness (QED) is 0.814. The minimum Gasteiger partial charge on any atom is -0.480 e. The Kier molecular flexibility index (Phi) is 5.20. The topological polar surface area (TPSA) is 67.4 Å².